The number of hydrogen-bond acceptors (Lipinski definition) is 3. The fraction of sp³-hybridized carbons (Fsp3) is 0.600. The lowest BCUT2D eigenvalue weighted by atomic mass is 9.99. The zero-order chi connectivity index (χ0) is 21.8. The number of benzene rings is 1. The van der Waals surface area contributed by atoms with Crippen molar-refractivity contribution in [2.24, 2.45) is 5.92 Å². The van der Waals surface area contributed by atoms with Crippen LogP contribution in [0.5, 0.6) is 0 Å². The van der Waals surface area contributed by atoms with E-state index in [0.29, 0.717) is 13.0 Å². The first kappa shape index (κ1) is 24.0. The van der Waals surface area contributed by atoms with Gasteiger partial charge in [0.25, 0.3) is 0 Å². The lowest BCUT2D eigenvalue weighted by Gasteiger charge is -2.10. The predicted octanol–water partition coefficient (Wildman–Crippen LogP) is 4.75. The summed E-state index contributed by atoms with van der Waals surface area (Å²) in [4.78, 5) is 14.7. The topological polar surface area (TPSA) is 61.1 Å². The number of para-hydroxylation sites is 1. The van der Waals surface area contributed by atoms with Crippen molar-refractivity contribution in [1.29, 1.82) is 5.26 Å². The average Bonchev–Trinajstić information content (AvgIpc) is 3.08. The third-order valence-corrected chi connectivity index (χ3v) is 5.60. The summed E-state index contributed by atoms with van der Waals surface area (Å²) in [6, 6.07) is 10.5. The number of rotatable bonds is 14. The Hall–Kier alpha value is -2.32. The third-order valence-electron chi connectivity index (χ3n) is 5.60. The van der Waals surface area contributed by atoms with Gasteiger partial charge in [-0.2, -0.15) is 5.26 Å². The maximum atomic E-state index is 12.6. The summed E-state index contributed by atoms with van der Waals surface area (Å²) in [7, 11) is 4.17. The van der Waals surface area contributed by atoms with Gasteiger partial charge in [0, 0.05) is 30.2 Å². The SMILES string of the molecule is CCCCCCCCNC(=O)C(C#N)Cc1cn(CCCN(C)C)c2ccccc12. The highest BCUT2D eigenvalue weighted by atomic mass is 16.1. The van der Waals surface area contributed by atoms with Gasteiger partial charge in [-0.3, -0.25) is 4.79 Å². The second-order valence-electron chi connectivity index (χ2n) is 8.47. The number of aromatic nitrogens is 1. The van der Waals surface area contributed by atoms with Crippen molar-refractivity contribution in [3.63, 3.8) is 0 Å². The number of nitrogens with zero attached hydrogens (tertiary/aromatic N) is 3. The molecule has 0 radical (unpaired) electrons. The first-order valence-corrected chi connectivity index (χ1v) is 11.5. The molecule has 1 aromatic heterocycles. The molecule has 30 heavy (non-hydrogen) atoms. The van der Waals surface area contributed by atoms with E-state index in [2.05, 4.69) is 60.2 Å². The van der Waals surface area contributed by atoms with Gasteiger partial charge < -0.3 is 14.8 Å². The normalized spacial score (nSPS) is 12.2. The van der Waals surface area contributed by atoms with Crippen LogP contribution in [0.15, 0.2) is 30.5 Å². The summed E-state index contributed by atoms with van der Waals surface area (Å²) in [6.07, 6.45) is 10.8. The maximum Gasteiger partial charge on any atom is 0.237 e. The van der Waals surface area contributed by atoms with Crippen molar-refractivity contribution in [1.82, 2.24) is 14.8 Å². The molecule has 0 aliphatic rings. The van der Waals surface area contributed by atoms with E-state index < -0.39 is 5.92 Å². The number of nitriles is 1. The van der Waals surface area contributed by atoms with Crippen molar-refractivity contribution in [3.8, 4) is 6.07 Å². The van der Waals surface area contributed by atoms with Gasteiger partial charge in [-0.25, -0.2) is 0 Å². The monoisotopic (exact) mass is 410 g/mol. The van der Waals surface area contributed by atoms with Crippen molar-refractivity contribution in [2.45, 2.75) is 64.8 Å². The molecule has 0 aliphatic heterocycles. The van der Waals surface area contributed by atoms with Gasteiger partial charge >= 0.3 is 0 Å². The molecular weight excluding hydrogens is 372 g/mol. The van der Waals surface area contributed by atoms with Crippen LogP contribution in [0.1, 0.15) is 57.4 Å². The van der Waals surface area contributed by atoms with Gasteiger partial charge in [0.2, 0.25) is 5.91 Å². The van der Waals surface area contributed by atoms with E-state index in [4.69, 9.17) is 0 Å². The van der Waals surface area contributed by atoms with Gasteiger partial charge in [-0.15, -0.1) is 0 Å². The summed E-state index contributed by atoms with van der Waals surface area (Å²) < 4.78 is 2.26. The summed E-state index contributed by atoms with van der Waals surface area (Å²) >= 11 is 0. The van der Waals surface area contributed by atoms with E-state index in [0.717, 1.165) is 43.3 Å². The Morgan fingerprint density at radius 3 is 2.60 bits per heavy atom. The first-order valence-electron chi connectivity index (χ1n) is 11.5. The molecule has 1 amide bonds. The zero-order valence-corrected chi connectivity index (χ0v) is 19.0. The van der Waals surface area contributed by atoms with Crippen molar-refractivity contribution in [3.05, 3.63) is 36.0 Å². The first-order chi connectivity index (χ1) is 14.6. The molecule has 0 fully saturated rings. The molecule has 164 valence electrons. The molecule has 2 aromatic rings. The number of unbranched alkanes of at least 4 members (excludes halogenated alkanes) is 5. The standard InChI is InChI=1S/C25H38N4O/c1-4-5-6-7-8-11-15-27-25(30)21(19-26)18-22-20-29(17-12-16-28(2)3)24-14-10-9-13-23(22)24/h9-10,13-14,20-21H,4-8,11-12,15-18H2,1-3H3,(H,27,30). The van der Waals surface area contributed by atoms with E-state index in [1.165, 1.54) is 31.2 Å². The molecule has 1 atom stereocenters. The van der Waals surface area contributed by atoms with Gasteiger partial charge in [0.1, 0.15) is 5.92 Å². The number of fused-ring (bicyclic) bond motifs is 1. The smallest absolute Gasteiger partial charge is 0.237 e. The van der Waals surface area contributed by atoms with Crippen LogP contribution < -0.4 is 5.32 Å². The van der Waals surface area contributed by atoms with Crippen LogP contribution in [0, 0.1) is 17.2 Å². The molecule has 0 saturated heterocycles. The zero-order valence-electron chi connectivity index (χ0n) is 19.0. The Morgan fingerprint density at radius 2 is 1.87 bits per heavy atom. The highest BCUT2D eigenvalue weighted by Crippen LogP contribution is 2.24. The molecule has 5 heteroatoms. The Balaban J connectivity index is 1.94. The molecule has 1 heterocycles. The van der Waals surface area contributed by atoms with Crippen LogP contribution in [0.4, 0.5) is 0 Å². The summed E-state index contributed by atoms with van der Waals surface area (Å²) in [5.41, 5.74) is 2.26. The molecule has 0 bridgehead atoms. The fourth-order valence-corrected chi connectivity index (χ4v) is 3.88. The largest absolute Gasteiger partial charge is 0.355 e. The van der Waals surface area contributed by atoms with Crippen molar-refractivity contribution >= 4 is 16.8 Å². The van der Waals surface area contributed by atoms with Crippen LogP contribution in [0.2, 0.25) is 0 Å². The fourth-order valence-electron chi connectivity index (χ4n) is 3.88. The Kier molecular flexibility index (Phi) is 10.4. The summed E-state index contributed by atoms with van der Waals surface area (Å²) in [6.45, 7) is 4.84. The molecule has 0 saturated carbocycles. The van der Waals surface area contributed by atoms with Crippen LogP contribution in [0.3, 0.4) is 0 Å². The van der Waals surface area contributed by atoms with E-state index in [-0.39, 0.29) is 5.91 Å². The molecule has 5 nitrogen and oxygen atoms in total. The van der Waals surface area contributed by atoms with Crippen LogP contribution >= 0.6 is 0 Å². The Bertz CT molecular complexity index is 818. The molecular formula is C25H38N4O. The van der Waals surface area contributed by atoms with E-state index in [1.807, 2.05) is 12.1 Å². The molecule has 1 aromatic carbocycles. The molecule has 0 aliphatic carbocycles. The third kappa shape index (κ3) is 7.50. The number of carbonyl (C=O) groups is 1. The van der Waals surface area contributed by atoms with Crippen molar-refractivity contribution in [2.75, 3.05) is 27.2 Å². The molecule has 1 N–H and O–H groups in total. The van der Waals surface area contributed by atoms with Crippen LogP contribution in [0.25, 0.3) is 10.9 Å². The maximum absolute atomic E-state index is 12.6. The van der Waals surface area contributed by atoms with Crippen LogP contribution in [-0.2, 0) is 17.8 Å². The number of carbonyl (C=O) groups excluding carboxylic acids is 1. The van der Waals surface area contributed by atoms with Crippen LogP contribution in [-0.4, -0.2) is 42.6 Å². The summed E-state index contributed by atoms with van der Waals surface area (Å²) in [5.74, 6) is -0.790. The Labute approximate surface area is 182 Å². The highest BCUT2D eigenvalue weighted by Gasteiger charge is 2.20. The minimum absolute atomic E-state index is 0.143. The Morgan fingerprint density at radius 1 is 1.13 bits per heavy atom. The number of aryl methyl sites for hydroxylation is 1. The van der Waals surface area contributed by atoms with Gasteiger partial charge in [0.05, 0.1) is 6.07 Å². The number of amides is 1. The highest BCUT2D eigenvalue weighted by molar-refractivity contribution is 5.86. The summed E-state index contributed by atoms with van der Waals surface area (Å²) in [5, 5.41) is 13.7. The number of hydrogen-bond donors (Lipinski definition) is 1. The van der Waals surface area contributed by atoms with Gasteiger partial charge in [-0.05, 0) is 51.5 Å². The minimum atomic E-state index is -0.647. The lowest BCUT2D eigenvalue weighted by molar-refractivity contribution is -0.123. The lowest BCUT2D eigenvalue weighted by Crippen LogP contribution is -2.31. The van der Waals surface area contributed by atoms with E-state index >= 15 is 0 Å². The average molecular weight is 411 g/mol. The molecule has 2 rings (SSSR count). The molecule has 0 spiro atoms. The number of nitrogens with one attached hydrogen (secondary N) is 1. The quantitative estimate of drug-likeness (QED) is 0.457. The predicted molar refractivity (Wildman–Crippen MR) is 124 cm³/mol. The molecule has 1 unspecified atom stereocenters. The second kappa shape index (κ2) is 13.1. The van der Waals surface area contributed by atoms with E-state index in [1.54, 1.807) is 0 Å². The van der Waals surface area contributed by atoms with Gasteiger partial charge in [-0.1, -0.05) is 57.2 Å². The second-order valence-corrected chi connectivity index (χ2v) is 8.47. The van der Waals surface area contributed by atoms with Gasteiger partial charge in [0.15, 0.2) is 0 Å². The minimum Gasteiger partial charge on any atom is -0.355 e. The van der Waals surface area contributed by atoms with Crippen molar-refractivity contribution < 1.29 is 4.79 Å². The van der Waals surface area contributed by atoms with E-state index in [9.17, 15) is 10.1 Å².